The van der Waals surface area contributed by atoms with Gasteiger partial charge in [0, 0.05) is 24.7 Å². The maximum absolute atomic E-state index is 13.3. The van der Waals surface area contributed by atoms with Crippen LogP contribution in [0, 0.1) is 5.92 Å². The molecule has 1 N–H and O–H groups in total. The van der Waals surface area contributed by atoms with Crippen molar-refractivity contribution in [1.82, 2.24) is 14.7 Å². The zero-order chi connectivity index (χ0) is 24.3. The van der Waals surface area contributed by atoms with Crippen LogP contribution in [0.1, 0.15) is 26.3 Å². The van der Waals surface area contributed by atoms with E-state index in [9.17, 15) is 14.7 Å². The predicted molar refractivity (Wildman–Crippen MR) is 131 cm³/mol. The molecule has 2 heterocycles. The third-order valence-corrected chi connectivity index (χ3v) is 6.76. The van der Waals surface area contributed by atoms with E-state index < -0.39 is 17.6 Å². The van der Waals surface area contributed by atoms with Gasteiger partial charge in [-0.25, -0.2) is 0 Å². The fourth-order valence-electron chi connectivity index (χ4n) is 3.51. The van der Waals surface area contributed by atoms with Gasteiger partial charge in [-0.15, -0.1) is 11.3 Å². The SMILES string of the molecule is Cn1ncc(Cl)c1-c1cc(NC(=O)C(Cc2ccccc2)CN(C(=O)[O-])C(C)(C)C)sc1Cl. The van der Waals surface area contributed by atoms with Gasteiger partial charge >= 0.3 is 0 Å². The van der Waals surface area contributed by atoms with E-state index in [1.54, 1.807) is 38.6 Å². The van der Waals surface area contributed by atoms with Gasteiger partial charge < -0.3 is 20.1 Å². The summed E-state index contributed by atoms with van der Waals surface area (Å²) in [5.41, 5.74) is 1.52. The maximum atomic E-state index is 13.3. The number of thiophene rings is 1. The molecular formula is C23H25Cl2N4O3S-. The number of aryl methyl sites for hydroxylation is 1. The number of amides is 2. The molecule has 1 aromatic carbocycles. The van der Waals surface area contributed by atoms with Crippen LogP contribution in [0.3, 0.4) is 0 Å². The van der Waals surface area contributed by atoms with Crippen molar-refractivity contribution < 1.29 is 14.7 Å². The Bertz CT molecular complexity index is 1120. The lowest BCUT2D eigenvalue weighted by Crippen LogP contribution is -2.54. The summed E-state index contributed by atoms with van der Waals surface area (Å²) in [4.78, 5) is 26.3. The number of benzene rings is 1. The third kappa shape index (κ3) is 6.07. The Kier molecular flexibility index (Phi) is 7.72. The first-order valence-electron chi connectivity index (χ1n) is 10.3. The number of carboxylic acid groups (broad SMARTS) is 1. The van der Waals surface area contributed by atoms with Crippen molar-refractivity contribution in [3.63, 3.8) is 0 Å². The Morgan fingerprint density at radius 3 is 2.45 bits per heavy atom. The first-order valence-corrected chi connectivity index (χ1v) is 11.8. The highest BCUT2D eigenvalue weighted by Crippen LogP contribution is 2.41. The molecule has 7 nitrogen and oxygen atoms in total. The van der Waals surface area contributed by atoms with Gasteiger partial charge in [0.1, 0.15) is 10.4 Å². The number of aromatic nitrogens is 2. The molecular weight excluding hydrogens is 483 g/mol. The van der Waals surface area contributed by atoms with Crippen LogP contribution >= 0.6 is 34.5 Å². The van der Waals surface area contributed by atoms with Gasteiger partial charge in [-0.2, -0.15) is 5.10 Å². The van der Waals surface area contributed by atoms with Crippen LogP contribution in [0.15, 0.2) is 42.6 Å². The molecule has 3 rings (SSSR count). The molecule has 0 saturated carbocycles. The summed E-state index contributed by atoms with van der Waals surface area (Å²) in [5.74, 6) is -0.955. The van der Waals surface area contributed by atoms with Gasteiger partial charge in [0.05, 0.1) is 27.8 Å². The van der Waals surface area contributed by atoms with E-state index in [-0.39, 0.29) is 12.5 Å². The molecule has 33 heavy (non-hydrogen) atoms. The molecule has 2 amide bonds. The van der Waals surface area contributed by atoms with Gasteiger partial charge in [-0.3, -0.25) is 9.48 Å². The molecule has 0 aliphatic rings. The highest BCUT2D eigenvalue weighted by atomic mass is 35.5. The lowest BCUT2D eigenvalue weighted by atomic mass is 9.95. The van der Waals surface area contributed by atoms with E-state index in [2.05, 4.69) is 10.4 Å². The van der Waals surface area contributed by atoms with E-state index >= 15 is 0 Å². The average molecular weight is 508 g/mol. The summed E-state index contributed by atoms with van der Waals surface area (Å²) in [5, 5.41) is 19.8. The second-order valence-electron chi connectivity index (χ2n) is 8.69. The van der Waals surface area contributed by atoms with E-state index in [1.807, 2.05) is 30.3 Å². The topological polar surface area (TPSA) is 90.3 Å². The molecule has 1 unspecified atom stereocenters. The van der Waals surface area contributed by atoms with Gasteiger partial charge in [-0.05, 0) is 38.8 Å². The highest BCUT2D eigenvalue weighted by Gasteiger charge is 2.29. The van der Waals surface area contributed by atoms with E-state index in [4.69, 9.17) is 23.2 Å². The molecule has 2 aromatic heterocycles. The summed E-state index contributed by atoms with van der Waals surface area (Å²) >= 11 is 13.9. The molecule has 0 aliphatic heterocycles. The van der Waals surface area contributed by atoms with Crippen LogP contribution in [0.4, 0.5) is 9.80 Å². The number of nitrogens with zero attached hydrogens (tertiary/aromatic N) is 3. The minimum Gasteiger partial charge on any atom is -0.530 e. The Morgan fingerprint density at radius 2 is 1.91 bits per heavy atom. The fraction of sp³-hybridized carbons (Fsp3) is 0.348. The summed E-state index contributed by atoms with van der Waals surface area (Å²) < 4.78 is 2.07. The second kappa shape index (κ2) is 10.2. The summed E-state index contributed by atoms with van der Waals surface area (Å²) in [6.07, 6.45) is 0.576. The van der Waals surface area contributed by atoms with Crippen molar-refractivity contribution >= 4 is 51.5 Å². The normalized spacial score (nSPS) is 12.4. The van der Waals surface area contributed by atoms with Crippen molar-refractivity contribution in [2.24, 2.45) is 13.0 Å². The minimum atomic E-state index is -1.32. The number of carbonyl (C=O) groups is 2. The number of hydrogen-bond acceptors (Lipinski definition) is 5. The quantitative estimate of drug-likeness (QED) is 0.501. The van der Waals surface area contributed by atoms with Gasteiger partial charge in [-0.1, -0.05) is 53.5 Å². The summed E-state index contributed by atoms with van der Waals surface area (Å²) in [7, 11) is 1.75. The Morgan fingerprint density at radius 1 is 1.24 bits per heavy atom. The molecule has 0 bridgehead atoms. The van der Waals surface area contributed by atoms with Gasteiger partial charge in [0.25, 0.3) is 0 Å². The molecule has 0 radical (unpaired) electrons. The summed E-state index contributed by atoms with van der Waals surface area (Å²) in [6.45, 7) is 5.29. The van der Waals surface area contributed by atoms with Crippen molar-refractivity contribution in [1.29, 1.82) is 0 Å². The van der Waals surface area contributed by atoms with E-state index in [0.29, 0.717) is 32.0 Å². The lowest BCUT2D eigenvalue weighted by Gasteiger charge is -2.39. The molecule has 0 saturated heterocycles. The fourth-order valence-corrected chi connectivity index (χ4v) is 4.96. The first kappa shape index (κ1) is 25.1. The molecule has 176 valence electrons. The molecule has 0 aliphatic carbocycles. The van der Waals surface area contributed by atoms with Crippen molar-refractivity contribution in [2.45, 2.75) is 32.7 Å². The average Bonchev–Trinajstić information content (AvgIpc) is 3.24. The number of hydrogen-bond donors (Lipinski definition) is 1. The van der Waals surface area contributed by atoms with Crippen LogP contribution in [0.2, 0.25) is 9.36 Å². The maximum Gasteiger partial charge on any atom is 0.230 e. The number of rotatable bonds is 7. The van der Waals surface area contributed by atoms with Crippen LogP contribution in [0.5, 0.6) is 0 Å². The Labute approximate surface area is 206 Å². The highest BCUT2D eigenvalue weighted by molar-refractivity contribution is 7.20. The Balaban J connectivity index is 1.87. The van der Waals surface area contributed by atoms with Gasteiger partial charge in [0.15, 0.2) is 0 Å². The molecule has 0 fully saturated rings. The number of carbonyl (C=O) groups excluding carboxylic acids is 2. The molecule has 0 spiro atoms. The predicted octanol–water partition coefficient (Wildman–Crippen LogP) is 4.70. The number of halogens is 2. The lowest BCUT2D eigenvalue weighted by molar-refractivity contribution is -0.271. The van der Waals surface area contributed by atoms with Crippen molar-refractivity contribution in [2.75, 3.05) is 11.9 Å². The first-order chi connectivity index (χ1) is 15.5. The number of anilines is 1. The van der Waals surface area contributed by atoms with Crippen LogP contribution in [0.25, 0.3) is 11.3 Å². The van der Waals surface area contributed by atoms with Crippen molar-refractivity contribution in [3.05, 3.63) is 57.5 Å². The largest absolute Gasteiger partial charge is 0.530 e. The second-order valence-corrected chi connectivity index (χ2v) is 10.7. The standard InChI is InChI=1S/C23H26Cl2N4O3S/c1-23(2,3)29(22(31)32)13-15(10-14-8-6-5-7-9-14)21(30)27-18-11-16(20(25)33-18)19-17(24)12-26-28(19)4/h5-9,11-12,15H,10,13H2,1-4H3,(H,27,30)(H,31,32)/p-1. The van der Waals surface area contributed by atoms with E-state index in [1.165, 1.54) is 22.4 Å². The third-order valence-electron chi connectivity index (χ3n) is 5.21. The minimum absolute atomic E-state index is 0.00785. The van der Waals surface area contributed by atoms with Crippen LogP contribution in [-0.2, 0) is 18.3 Å². The smallest absolute Gasteiger partial charge is 0.230 e. The summed E-state index contributed by atoms with van der Waals surface area (Å²) in [6, 6.07) is 11.2. The zero-order valence-corrected chi connectivity index (χ0v) is 21.1. The Hall–Kier alpha value is -2.55. The number of nitrogens with one attached hydrogen (secondary N) is 1. The van der Waals surface area contributed by atoms with Crippen LogP contribution in [-0.4, -0.2) is 38.8 Å². The molecule has 10 heteroatoms. The van der Waals surface area contributed by atoms with E-state index in [0.717, 1.165) is 5.56 Å². The molecule has 1 atom stereocenters. The monoisotopic (exact) mass is 507 g/mol. The van der Waals surface area contributed by atoms with Gasteiger partial charge in [0.2, 0.25) is 5.91 Å². The van der Waals surface area contributed by atoms with Crippen LogP contribution < -0.4 is 10.4 Å². The zero-order valence-electron chi connectivity index (χ0n) is 18.8. The van der Waals surface area contributed by atoms with Crippen molar-refractivity contribution in [3.8, 4) is 11.3 Å². The molecule has 3 aromatic rings.